The van der Waals surface area contributed by atoms with Crippen LogP contribution < -0.4 is 4.74 Å². The number of carbonyl (C=O) groups is 1. The maximum absolute atomic E-state index is 11.9. The van der Waals surface area contributed by atoms with Crippen LogP contribution in [0.3, 0.4) is 0 Å². The van der Waals surface area contributed by atoms with Crippen LogP contribution in [-0.2, 0) is 11.2 Å². The van der Waals surface area contributed by atoms with Crippen molar-refractivity contribution >= 4 is 5.78 Å². The topological polar surface area (TPSA) is 44.1 Å². The minimum Gasteiger partial charge on any atom is -0.493 e. The highest BCUT2D eigenvalue weighted by molar-refractivity contribution is 5.80. The normalized spacial score (nSPS) is 10.9. The van der Waals surface area contributed by atoms with E-state index in [4.69, 9.17) is 4.74 Å². The Kier molecular flexibility index (Phi) is 5.14. The lowest BCUT2D eigenvalue weighted by Gasteiger charge is -2.06. The molecule has 2 rings (SSSR count). The second-order valence-electron chi connectivity index (χ2n) is 5.51. The van der Waals surface area contributed by atoms with Gasteiger partial charge in [-0.2, -0.15) is 5.10 Å². The third-order valence-corrected chi connectivity index (χ3v) is 3.21. The molecular formula is C17H22N2O2. The summed E-state index contributed by atoms with van der Waals surface area (Å²) in [5.41, 5.74) is 1.97. The summed E-state index contributed by atoms with van der Waals surface area (Å²) in [6.45, 7) is 6.55. The molecule has 0 spiro atoms. The standard InChI is InChI=1S/C17H22N2O2/c1-13(2)19-9-7-15(18-19)12-16(20)8-10-21-17-6-4-5-14(3)11-17/h4-7,9,11,13H,8,10,12H2,1-3H3. The van der Waals surface area contributed by atoms with E-state index in [1.807, 2.05) is 48.1 Å². The van der Waals surface area contributed by atoms with Crippen molar-refractivity contribution in [2.75, 3.05) is 6.61 Å². The summed E-state index contributed by atoms with van der Waals surface area (Å²) in [5, 5.41) is 4.38. The highest BCUT2D eigenvalue weighted by Gasteiger charge is 2.08. The predicted molar refractivity (Wildman–Crippen MR) is 82.6 cm³/mol. The van der Waals surface area contributed by atoms with Crippen LogP contribution in [0.25, 0.3) is 0 Å². The fourth-order valence-corrected chi connectivity index (χ4v) is 2.04. The number of carbonyl (C=O) groups excluding carboxylic acids is 1. The van der Waals surface area contributed by atoms with Gasteiger partial charge in [0.05, 0.1) is 18.7 Å². The van der Waals surface area contributed by atoms with Crippen molar-refractivity contribution < 1.29 is 9.53 Å². The molecule has 0 unspecified atom stereocenters. The molecule has 4 heteroatoms. The van der Waals surface area contributed by atoms with Crippen LogP contribution in [0.4, 0.5) is 0 Å². The van der Waals surface area contributed by atoms with Gasteiger partial charge in [0.1, 0.15) is 11.5 Å². The molecule has 0 saturated heterocycles. The molecule has 0 N–H and O–H groups in total. The molecule has 0 aliphatic heterocycles. The van der Waals surface area contributed by atoms with Gasteiger partial charge in [-0.15, -0.1) is 0 Å². The van der Waals surface area contributed by atoms with Gasteiger partial charge in [-0.05, 0) is 44.5 Å². The van der Waals surface area contributed by atoms with Crippen molar-refractivity contribution in [2.45, 2.75) is 39.7 Å². The fourth-order valence-electron chi connectivity index (χ4n) is 2.04. The first kappa shape index (κ1) is 15.3. The molecule has 1 aromatic carbocycles. The Morgan fingerprint density at radius 3 is 2.81 bits per heavy atom. The second-order valence-corrected chi connectivity index (χ2v) is 5.51. The van der Waals surface area contributed by atoms with Crippen LogP contribution in [-0.4, -0.2) is 22.2 Å². The molecule has 4 nitrogen and oxygen atoms in total. The van der Waals surface area contributed by atoms with Crippen LogP contribution in [0.15, 0.2) is 36.5 Å². The van der Waals surface area contributed by atoms with E-state index in [1.54, 1.807) is 0 Å². The average molecular weight is 286 g/mol. The number of ether oxygens (including phenoxy) is 1. The first-order valence-electron chi connectivity index (χ1n) is 7.30. The zero-order chi connectivity index (χ0) is 15.2. The van der Waals surface area contributed by atoms with Crippen molar-refractivity contribution in [1.82, 2.24) is 9.78 Å². The lowest BCUT2D eigenvalue weighted by atomic mass is 10.2. The predicted octanol–water partition coefficient (Wildman–Crippen LogP) is 3.35. The van der Waals surface area contributed by atoms with Gasteiger partial charge in [-0.1, -0.05) is 12.1 Å². The minimum atomic E-state index is 0.150. The molecular weight excluding hydrogens is 264 g/mol. The van der Waals surface area contributed by atoms with E-state index < -0.39 is 0 Å². The van der Waals surface area contributed by atoms with E-state index in [9.17, 15) is 4.79 Å². The van der Waals surface area contributed by atoms with E-state index in [1.165, 1.54) is 0 Å². The summed E-state index contributed by atoms with van der Waals surface area (Å²) in [6, 6.07) is 10.1. The Morgan fingerprint density at radius 1 is 1.33 bits per heavy atom. The average Bonchev–Trinajstić information content (AvgIpc) is 2.87. The summed E-state index contributed by atoms with van der Waals surface area (Å²) < 4.78 is 7.46. The highest BCUT2D eigenvalue weighted by Crippen LogP contribution is 2.12. The molecule has 0 atom stereocenters. The molecule has 0 radical (unpaired) electrons. The lowest BCUT2D eigenvalue weighted by Crippen LogP contribution is -2.10. The van der Waals surface area contributed by atoms with Gasteiger partial charge in [-0.3, -0.25) is 9.48 Å². The summed E-state index contributed by atoms with van der Waals surface area (Å²) in [7, 11) is 0. The highest BCUT2D eigenvalue weighted by atomic mass is 16.5. The fraction of sp³-hybridized carbons (Fsp3) is 0.412. The van der Waals surface area contributed by atoms with Crippen LogP contribution in [0, 0.1) is 6.92 Å². The molecule has 0 amide bonds. The molecule has 0 aliphatic carbocycles. The van der Waals surface area contributed by atoms with E-state index in [0.717, 1.165) is 17.0 Å². The van der Waals surface area contributed by atoms with Crippen LogP contribution in [0.1, 0.15) is 37.6 Å². The van der Waals surface area contributed by atoms with Crippen molar-refractivity contribution in [3.8, 4) is 5.75 Å². The molecule has 0 aliphatic rings. The number of benzene rings is 1. The molecule has 0 saturated carbocycles. The van der Waals surface area contributed by atoms with Gasteiger partial charge in [0.25, 0.3) is 0 Å². The van der Waals surface area contributed by atoms with Crippen LogP contribution in [0.5, 0.6) is 5.75 Å². The van der Waals surface area contributed by atoms with Crippen molar-refractivity contribution in [3.05, 3.63) is 47.8 Å². The zero-order valence-corrected chi connectivity index (χ0v) is 12.9. The molecule has 1 aromatic heterocycles. The minimum absolute atomic E-state index is 0.150. The number of aromatic nitrogens is 2. The molecule has 1 heterocycles. The van der Waals surface area contributed by atoms with Crippen molar-refractivity contribution in [1.29, 1.82) is 0 Å². The summed E-state index contributed by atoms with van der Waals surface area (Å²) in [4.78, 5) is 11.9. The number of Topliss-reactive ketones (excluding diaryl/α,β-unsaturated/α-hetero) is 1. The number of rotatable bonds is 7. The summed E-state index contributed by atoms with van der Waals surface area (Å²) in [5.74, 6) is 0.962. The maximum Gasteiger partial charge on any atom is 0.142 e. The van der Waals surface area contributed by atoms with Gasteiger partial charge in [0.2, 0.25) is 0 Å². The van der Waals surface area contributed by atoms with Gasteiger partial charge >= 0.3 is 0 Å². The summed E-state index contributed by atoms with van der Waals surface area (Å²) >= 11 is 0. The Hall–Kier alpha value is -2.10. The maximum atomic E-state index is 11.9. The number of aryl methyl sites for hydroxylation is 1. The third-order valence-electron chi connectivity index (χ3n) is 3.21. The molecule has 0 bridgehead atoms. The third kappa shape index (κ3) is 4.74. The van der Waals surface area contributed by atoms with Crippen molar-refractivity contribution in [3.63, 3.8) is 0 Å². The van der Waals surface area contributed by atoms with Crippen molar-refractivity contribution in [2.24, 2.45) is 0 Å². The van der Waals surface area contributed by atoms with E-state index in [-0.39, 0.29) is 5.78 Å². The number of hydrogen-bond donors (Lipinski definition) is 0. The van der Waals surface area contributed by atoms with Gasteiger partial charge in [-0.25, -0.2) is 0 Å². The Balaban J connectivity index is 1.77. The Bertz CT molecular complexity index is 602. The molecule has 0 fully saturated rings. The first-order chi connectivity index (χ1) is 10.0. The quantitative estimate of drug-likeness (QED) is 0.784. The van der Waals surface area contributed by atoms with Gasteiger partial charge in [0.15, 0.2) is 0 Å². The number of ketones is 1. The molecule has 21 heavy (non-hydrogen) atoms. The largest absolute Gasteiger partial charge is 0.493 e. The SMILES string of the molecule is Cc1cccc(OCCC(=O)Cc2ccn(C(C)C)n2)c1. The Labute approximate surface area is 125 Å². The van der Waals surface area contributed by atoms with E-state index >= 15 is 0 Å². The Morgan fingerprint density at radius 2 is 2.14 bits per heavy atom. The van der Waals surface area contributed by atoms with E-state index in [2.05, 4.69) is 18.9 Å². The monoisotopic (exact) mass is 286 g/mol. The second kappa shape index (κ2) is 7.07. The first-order valence-corrected chi connectivity index (χ1v) is 7.30. The smallest absolute Gasteiger partial charge is 0.142 e. The number of nitrogens with zero attached hydrogens (tertiary/aromatic N) is 2. The van der Waals surface area contributed by atoms with Crippen LogP contribution in [0.2, 0.25) is 0 Å². The molecule has 2 aromatic rings. The lowest BCUT2D eigenvalue weighted by molar-refractivity contribution is -0.118. The van der Waals surface area contributed by atoms with Gasteiger partial charge < -0.3 is 4.74 Å². The molecule has 112 valence electrons. The van der Waals surface area contributed by atoms with E-state index in [0.29, 0.717) is 25.5 Å². The van der Waals surface area contributed by atoms with Crippen LogP contribution >= 0.6 is 0 Å². The summed E-state index contributed by atoms with van der Waals surface area (Å²) in [6.07, 6.45) is 2.69. The van der Waals surface area contributed by atoms with Gasteiger partial charge in [0, 0.05) is 18.7 Å². The zero-order valence-electron chi connectivity index (χ0n) is 12.9. The number of hydrogen-bond acceptors (Lipinski definition) is 3.